The minimum atomic E-state index is -3.54. The largest absolute Gasteiger partial charge is 0.380 e. The van der Waals surface area contributed by atoms with Crippen molar-refractivity contribution in [3.63, 3.8) is 0 Å². The first-order valence-corrected chi connectivity index (χ1v) is 11.2. The normalized spacial score (nSPS) is 24.6. The minimum absolute atomic E-state index is 0.132. The first-order chi connectivity index (χ1) is 13.6. The number of fused-ring (bicyclic) bond motifs is 1. The van der Waals surface area contributed by atoms with Crippen LogP contribution in [0.5, 0.6) is 0 Å². The van der Waals surface area contributed by atoms with Crippen LogP contribution < -0.4 is 0 Å². The summed E-state index contributed by atoms with van der Waals surface area (Å²) in [6, 6.07) is 4.13. The summed E-state index contributed by atoms with van der Waals surface area (Å²) < 4.78 is 35.4. The van der Waals surface area contributed by atoms with Crippen LogP contribution >= 0.6 is 0 Å². The summed E-state index contributed by atoms with van der Waals surface area (Å²) in [5, 5.41) is 4.14. The zero-order valence-corrected chi connectivity index (χ0v) is 17.0. The number of nitrogens with zero attached hydrogens (tertiary/aromatic N) is 5. The van der Waals surface area contributed by atoms with Gasteiger partial charge >= 0.3 is 0 Å². The molecule has 2 aliphatic rings. The molecule has 2 atom stereocenters. The van der Waals surface area contributed by atoms with Gasteiger partial charge in [-0.2, -0.15) is 9.40 Å². The summed E-state index contributed by atoms with van der Waals surface area (Å²) in [7, 11) is -3.54. The highest BCUT2D eigenvalue weighted by Gasteiger charge is 2.39. The van der Waals surface area contributed by atoms with E-state index in [1.54, 1.807) is 21.4 Å². The molecule has 0 saturated carbocycles. The number of pyridine rings is 1. The van der Waals surface area contributed by atoms with Gasteiger partial charge in [0, 0.05) is 63.3 Å². The Kier molecular flexibility index (Phi) is 5.77. The third kappa shape index (κ3) is 3.98. The van der Waals surface area contributed by atoms with Crippen LogP contribution in [0.15, 0.2) is 41.8 Å². The van der Waals surface area contributed by atoms with Crippen LogP contribution in [0.3, 0.4) is 0 Å². The molecule has 0 amide bonds. The predicted octanol–water partition coefficient (Wildman–Crippen LogP) is 1.21. The molecule has 4 heterocycles. The summed E-state index contributed by atoms with van der Waals surface area (Å²) >= 11 is 0. The van der Waals surface area contributed by atoms with Crippen LogP contribution in [0.1, 0.15) is 18.9 Å². The molecule has 0 N–H and O–H groups in total. The zero-order chi connectivity index (χ0) is 19.6. The molecular formula is C19H27N5O3S. The number of hydrogen-bond donors (Lipinski definition) is 0. The van der Waals surface area contributed by atoms with Crippen molar-refractivity contribution in [1.29, 1.82) is 0 Å². The SMILES string of the molecule is CCn1cc(S(=O)(=O)N2CC[C@@H]3COCCN(Cc4cccnc4)[C@@H]3C2)cn1. The molecule has 2 aromatic rings. The maximum Gasteiger partial charge on any atom is 0.246 e. The zero-order valence-electron chi connectivity index (χ0n) is 16.1. The lowest BCUT2D eigenvalue weighted by Crippen LogP contribution is -2.54. The molecule has 0 bridgehead atoms. The molecule has 8 nitrogen and oxygen atoms in total. The smallest absolute Gasteiger partial charge is 0.246 e. The molecule has 0 aliphatic carbocycles. The van der Waals surface area contributed by atoms with E-state index in [4.69, 9.17) is 4.74 Å². The lowest BCUT2D eigenvalue weighted by atomic mass is 9.92. The number of sulfonamides is 1. The number of aryl methyl sites for hydroxylation is 1. The minimum Gasteiger partial charge on any atom is -0.380 e. The number of ether oxygens (including phenoxy) is 1. The van der Waals surface area contributed by atoms with E-state index in [9.17, 15) is 8.42 Å². The van der Waals surface area contributed by atoms with E-state index in [-0.39, 0.29) is 10.9 Å². The fourth-order valence-electron chi connectivity index (χ4n) is 4.08. The van der Waals surface area contributed by atoms with Gasteiger partial charge in [0.1, 0.15) is 4.90 Å². The van der Waals surface area contributed by atoms with Gasteiger partial charge in [-0.1, -0.05) is 6.07 Å². The molecule has 28 heavy (non-hydrogen) atoms. The Morgan fingerprint density at radius 2 is 2.18 bits per heavy atom. The van der Waals surface area contributed by atoms with Crippen LogP contribution in [-0.2, 0) is 27.8 Å². The highest BCUT2D eigenvalue weighted by molar-refractivity contribution is 7.89. The monoisotopic (exact) mass is 405 g/mol. The molecule has 0 aromatic carbocycles. The number of rotatable bonds is 5. The first-order valence-electron chi connectivity index (χ1n) is 9.81. The van der Waals surface area contributed by atoms with E-state index >= 15 is 0 Å². The Hall–Kier alpha value is -1.81. The lowest BCUT2D eigenvalue weighted by molar-refractivity contribution is 0.0766. The van der Waals surface area contributed by atoms with Crippen molar-refractivity contribution in [3.8, 4) is 0 Å². The number of aromatic nitrogens is 3. The Morgan fingerprint density at radius 3 is 2.93 bits per heavy atom. The maximum atomic E-state index is 13.2. The van der Waals surface area contributed by atoms with Crippen molar-refractivity contribution in [2.24, 2.45) is 5.92 Å². The van der Waals surface area contributed by atoms with Crippen molar-refractivity contribution in [3.05, 3.63) is 42.5 Å². The van der Waals surface area contributed by atoms with E-state index in [1.165, 1.54) is 6.20 Å². The van der Waals surface area contributed by atoms with Gasteiger partial charge in [0.25, 0.3) is 0 Å². The van der Waals surface area contributed by atoms with Gasteiger partial charge in [0.05, 0.1) is 19.4 Å². The number of hydrogen-bond acceptors (Lipinski definition) is 6. The van der Waals surface area contributed by atoms with Crippen molar-refractivity contribution in [2.75, 3.05) is 32.8 Å². The van der Waals surface area contributed by atoms with E-state index in [0.29, 0.717) is 38.8 Å². The Balaban J connectivity index is 1.55. The third-order valence-electron chi connectivity index (χ3n) is 5.69. The van der Waals surface area contributed by atoms with Crippen molar-refractivity contribution in [1.82, 2.24) is 24.0 Å². The fraction of sp³-hybridized carbons (Fsp3) is 0.579. The van der Waals surface area contributed by atoms with Gasteiger partial charge in [-0.05, 0) is 25.0 Å². The first kappa shape index (κ1) is 19.5. The molecule has 9 heteroatoms. The molecule has 2 aromatic heterocycles. The highest BCUT2D eigenvalue weighted by atomic mass is 32.2. The van der Waals surface area contributed by atoms with Crippen molar-refractivity contribution in [2.45, 2.75) is 37.4 Å². The second kappa shape index (κ2) is 8.28. The summed E-state index contributed by atoms with van der Waals surface area (Å²) in [5.41, 5.74) is 1.13. The van der Waals surface area contributed by atoms with E-state index < -0.39 is 10.0 Å². The molecule has 0 radical (unpaired) electrons. The Morgan fingerprint density at radius 1 is 1.29 bits per heavy atom. The van der Waals surface area contributed by atoms with Gasteiger partial charge in [0.2, 0.25) is 10.0 Å². The van der Waals surface area contributed by atoms with Crippen LogP contribution in [0, 0.1) is 5.92 Å². The Bertz CT molecular complexity index is 886. The summed E-state index contributed by atoms with van der Waals surface area (Å²) in [5.74, 6) is 0.337. The van der Waals surface area contributed by atoms with Crippen LogP contribution in [0.4, 0.5) is 0 Å². The van der Waals surface area contributed by atoms with E-state index in [0.717, 1.165) is 25.1 Å². The predicted molar refractivity (Wildman–Crippen MR) is 104 cm³/mol. The maximum absolute atomic E-state index is 13.2. The average molecular weight is 406 g/mol. The molecule has 0 unspecified atom stereocenters. The topological polar surface area (TPSA) is 80.6 Å². The van der Waals surface area contributed by atoms with Crippen molar-refractivity contribution < 1.29 is 13.2 Å². The van der Waals surface area contributed by atoms with Gasteiger partial charge in [-0.3, -0.25) is 14.6 Å². The molecule has 2 saturated heterocycles. The molecule has 2 fully saturated rings. The quantitative estimate of drug-likeness (QED) is 0.744. The van der Waals surface area contributed by atoms with Gasteiger partial charge in [0.15, 0.2) is 0 Å². The highest BCUT2D eigenvalue weighted by Crippen LogP contribution is 2.29. The standard InChI is InChI=1S/C19H27N5O3S/c1-2-23-13-18(11-21-23)28(25,26)24-7-5-17-15-27-9-8-22(19(17)14-24)12-16-4-3-6-20-10-16/h3-4,6,10-11,13,17,19H,2,5,7-9,12,14-15H2,1H3/t17-,19-/m1/s1. The second-order valence-electron chi connectivity index (χ2n) is 7.42. The second-order valence-corrected chi connectivity index (χ2v) is 9.36. The number of piperidine rings is 1. The van der Waals surface area contributed by atoms with Crippen LogP contribution in [-0.4, -0.2) is 71.3 Å². The van der Waals surface area contributed by atoms with Crippen LogP contribution in [0.2, 0.25) is 0 Å². The van der Waals surface area contributed by atoms with E-state index in [2.05, 4.69) is 21.0 Å². The van der Waals surface area contributed by atoms with Gasteiger partial charge in [-0.25, -0.2) is 8.42 Å². The Labute approximate surface area is 166 Å². The van der Waals surface area contributed by atoms with Crippen molar-refractivity contribution >= 4 is 10.0 Å². The van der Waals surface area contributed by atoms with Gasteiger partial charge in [-0.15, -0.1) is 0 Å². The molecule has 0 spiro atoms. The fourth-order valence-corrected chi connectivity index (χ4v) is 5.51. The average Bonchev–Trinajstić information content (AvgIpc) is 3.13. The van der Waals surface area contributed by atoms with E-state index in [1.807, 2.05) is 19.2 Å². The lowest BCUT2D eigenvalue weighted by Gasteiger charge is -2.41. The summed E-state index contributed by atoms with van der Waals surface area (Å²) in [6.07, 6.45) is 7.51. The molecular weight excluding hydrogens is 378 g/mol. The molecule has 2 aliphatic heterocycles. The van der Waals surface area contributed by atoms with Gasteiger partial charge < -0.3 is 4.74 Å². The van der Waals surface area contributed by atoms with Crippen LogP contribution in [0.25, 0.3) is 0 Å². The summed E-state index contributed by atoms with van der Waals surface area (Å²) in [4.78, 5) is 6.84. The molecule has 4 rings (SSSR count). The molecule has 152 valence electrons. The summed E-state index contributed by atoms with van der Waals surface area (Å²) in [6.45, 7) is 6.49. The third-order valence-corrected chi connectivity index (χ3v) is 7.51.